The molecule has 0 amide bonds. The first-order valence-corrected chi connectivity index (χ1v) is 7.53. The van der Waals surface area contributed by atoms with Crippen molar-refractivity contribution in [1.82, 2.24) is 4.98 Å². The van der Waals surface area contributed by atoms with Crippen molar-refractivity contribution in [3.8, 4) is 0 Å². The van der Waals surface area contributed by atoms with Crippen molar-refractivity contribution in [2.75, 3.05) is 0 Å². The summed E-state index contributed by atoms with van der Waals surface area (Å²) in [5, 5.41) is 0.794. The highest BCUT2D eigenvalue weighted by molar-refractivity contribution is 7.81. The Bertz CT molecular complexity index is 670. The van der Waals surface area contributed by atoms with Gasteiger partial charge >= 0.3 is 0 Å². The van der Waals surface area contributed by atoms with Crippen molar-refractivity contribution in [1.29, 1.82) is 0 Å². The monoisotopic (exact) mass is 315 g/mol. The molecule has 0 radical (unpaired) electrons. The van der Waals surface area contributed by atoms with Gasteiger partial charge in [-0.05, 0) is 32.9 Å². The maximum absolute atomic E-state index is 13.6. The number of hydrogen-bond acceptors (Lipinski definition) is 3. The van der Waals surface area contributed by atoms with Gasteiger partial charge < -0.3 is 0 Å². The standard InChI is InChI=1S/C14H15ClFNO2S/c1-14(2,3)20(18)19-8-10-7-9-5-4-6-11(16)12(9)17-13(10)15/h4-7H,8H2,1-3H3. The van der Waals surface area contributed by atoms with Crippen LogP contribution in [0.3, 0.4) is 0 Å². The molecule has 0 saturated heterocycles. The van der Waals surface area contributed by atoms with Crippen molar-refractivity contribution in [2.45, 2.75) is 32.1 Å². The number of fused-ring (bicyclic) bond motifs is 1. The second-order valence-corrected chi connectivity index (χ2v) is 7.65. The van der Waals surface area contributed by atoms with Crippen LogP contribution < -0.4 is 0 Å². The summed E-state index contributed by atoms with van der Waals surface area (Å²) >= 11 is 4.57. The Morgan fingerprint density at radius 1 is 1.40 bits per heavy atom. The third kappa shape index (κ3) is 3.34. The van der Waals surface area contributed by atoms with Gasteiger partial charge in [0, 0.05) is 10.9 Å². The average Bonchev–Trinajstić information content (AvgIpc) is 2.36. The smallest absolute Gasteiger partial charge is 0.161 e. The highest BCUT2D eigenvalue weighted by Crippen LogP contribution is 2.24. The maximum Gasteiger partial charge on any atom is 0.161 e. The minimum atomic E-state index is -1.44. The number of benzene rings is 1. The molecule has 1 heterocycles. The van der Waals surface area contributed by atoms with E-state index in [1.807, 2.05) is 20.8 Å². The lowest BCUT2D eigenvalue weighted by Crippen LogP contribution is -2.23. The quantitative estimate of drug-likeness (QED) is 0.803. The number of rotatable bonds is 3. The summed E-state index contributed by atoms with van der Waals surface area (Å²) in [6, 6.07) is 6.38. The first kappa shape index (κ1) is 15.4. The van der Waals surface area contributed by atoms with Crippen LogP contribution in [0.5, 0.6) is 0 Å². The summed E-state index contributed by atoms with van der Waals surface area (Å²) in [6.07, 6.45) is 0. The molecule has 1 aromatic heterocycles. The lowest BCUT2D eigenvalue weighted by Gasteiger charge is -2.17. The van der Waals surface area contributed by atoms with Gasteiger partial charge in [-0.15, -0.1) is 0 Å². The SMILES string of the molecule is CC(C)(C)S(=O)OCc1cc2cccc(F)c2nc1Cl. The highest BCUT2D eigenvalue weighted by atomic mass is 35.5. The minimum absolute atomic E-state index is 0.0716. The zero-order chi connectivity index (χ0) is 14.9. The van der Waals surface area contributed by atoms with Gasteiger partial charge in [0.1, 0.15) is 16.5 Å². The largest absolute Gasteiger partial charge is 0.285 e. The molecule has 1 atom stereocenters. The molecule has 20 heavy (non-hydrogen) atoms. The Labute approximate surface area is 124 Å². The molecule has 2 rings (SSSR count). The van der Waals surface area contributed by atoms with E-state index in [2.05, 4.69) is 4.98 Å². The molecule has 0 aliphatic carbocycles. The molecule has 108 valence electrons. The molecule has 0 fully saturated rings. The summed E-state index contributed by atoms with van der Waals surface area (Å²) < 4.78 is 30.2. The van der Waals surface area contributed by atoms with Crippen LogP contribution in [0.2, 0.25) is 5.15 Å². The molecule has 0 bridgehead atoms. The Kier molecular flexibility index (Phi) is 4.42. The Balaban J connectivity index is 2.27. The topological polar surface area (TPSA) is 39.2 Å². The summed E-state index contributed by atoms with van der Waals surface area (Å²) in [5.74, 6) is -0.421. The molecule has 1 aromatic carbocycles. The van der Waals surface area contributed by atoms with Gasteiger partial charge in [-0.3, -0.25) is 4.18 Å². The second kappa shape index (κ2) is 5.76. The van der Waals surface area contributed by atoms with E-state index in [1.54, 1.807) is 18.2 Å². The van der Waals surface area contributed by atoms with E-state index >= 15 is 0 Å². The van der Waals surface area contributed by atoms with Gasteiger partial charge in [-0.2, -0.15) is 0 Å². The number of aromatic nitrogens is 1. The molecular weight excluding hydrogens is 301 g/mol. The number of hydrogen-bond donors (Lipinski definition) is 0. The van der Waals surface area contributed by atoms with E-state index in [0.29, 0.717) is 10.9 Å². The molecule has 0 saturated carbocycles. The Morgan fingerprint density at radius 2 is 2.10 bits per heavy atom. The number of para-hydroxylation sites is 1. The molecule has 3 nitrogen and oxygen atoms in total. The zero-order valence-electron chi connectivity index (χ0n) is 11.4. The van der Waals surface area contributed by atoms with Gasteiger partial charge in [0.05, 0.1) is 11.4 Å². The van der Waals surface area contributed by atoms with E-state index < -0.39 is 21.6 Å². The van der Waals surface area contributed by atoms with Crippen molar-refractivity contribution in [3.05, 3.63) is 40.8 Å². The average molecular weight is 316 g/mol. The summed E-state index contributed by atoms with van der Waals surface area (Å²) in [7, 11) is 0. The van der Waals surface area contributed by atoms with Gasteiger partial charge in [0.2, 0.25) is 0 Å². The maximum atomic E-state index is 13.6. The van der Waals surface area contributed by atoms with Crippen LogP contribution in [0.25, 0.3) is 10.9 Å². The first-order chi connectivity index (χ1) is 9.29. The van der Waals surface area contributed by atoms with E-state index in [9.17, 15) is 8.60 Å². The van der Waals surface area contributed by atoms with Gasteiger partial charge in [0.15, 0.2) is 11.1 Å². The molecule has 2 aromatic rings. The normalized spacial score (nSPS) is 13.7. The predicted octanol–water partition coefficient (Wildman–Crippen LogP) is 4.01. The van der Waals surface area contributed by atoms with Crippen molar-refractivity contribution >= 4 is 33.6 Å². The summed E-state index contributed by atoms with van der Waals surface area (Å²) in [4.78, 5) is 4.03. The second-order valence-electron chi connectivity index (χ2n) is 5.36. The molecule has 1 unspecified atom stereocenters. The molecular formula is C14H15ClFNO2S. The fraction of sp³-hybridized carbons (Fsp3) is 0.357. The van der Waals surface area contributed by atoms with Crippen LogP contribution in [0.4, 0.5) is 4.39 Å². The van der Waals surface area contributed by atoms with Crippen LogP contribution in [0.1, 0.15) is 26.3 Å². The van der Waals surface area contributed by atoms with E-state index in [1.165, 1.54) is 6.07 Å². The van der Waals surface area contributed by atoms with E-state index in [0.717, 1.165) is 0 Å². The third-order valence-electron chi connectivity index (χ3n) is 2.64. The zero-order valence-corrected chi connectivity index (χ0v) is 13.0. The Hall–Kier alpha value is -1.04. The third-order valence-corrected chi connectivity index (χ3v) is 4.30. The fourth-order valence-electron chi connectivity index (χ4n) is 1.58. The van der Waals surface area contributed by atoms with E-state index in [-0.39, 0.29) is 17.3 Å². The first-order valence-electron chi connectivity index (χ1n) is 6.08. The van der Waals surface area contributed by atoms with Crippen molar-refractivity contribution in [3.63, 3.8) is 0 Å². The van der Waals surface area contributed by atoms with Crippen LogP contribution in [0, 0.1) is 5.82 Å². The molecule has 0 aliphatic rings. The molecule has 0 aliphatic heterocycles. The minimum Gasteiger partial charge on any atom is -0.285 e. The van der Waals surface area contributed by atoms with Gasteiger partial charge in [-0.25, -0.2) is 13.6 Å². The fourth-order valence-corrected chi connectivity index (χ4v) is 2.36. The molecule has 6 heteroatoms. The lowest BCUT2D eigenvalue weighted by molar-refractivity contribution is 0.326. The van der Waals surface area contributed by atoms with E-state index in [4.69, 9.17) is 15.8 Å². The molecule has 0 N–H and O–H groups in total. The number of pyridine rings is 1. The Morgan fingerprint density at radius 3 is 2.75 bits per heavy atom. The number of nitrogens with zero attached hydrogens (tertiary/aromatic N) is 1. The van der Waals surface area contributed by atoms with Crippen molar-refractivity contribution in [2.24, 2.45) is 0 Å². The van der Waals surface area contributed by atoms with Crippen molar-refractivity contribution < 1.29 is 12.8 Å². The van der Waals surface area contributed by atoms with Gasteiger partial charge in [0.25, 0.3) is 0 Å². The van der Waals surface area contributed by atoms with Crippen LogP contribution >= 0.6 is 11.6 Å². The van der Waals surface area contributed by atoms with Gasteiger partial charge in [-0.1, -0.05) is 23.7 Å². The van der Waals surface area contributed by atoms with Crippen LogP contribution in [0.15, 0.2) is 24.3 Å². The van der Waals surface area contributed by atoms with Crippen LogP contribution in [-0.2, 0) is 21.9 Å². The summed E-state index contributed by atoms with van der Waals surface area (Å²) in [6.45, 7) is 5.53. The summed E-state index contributed by atoms with van der Waals surface area (Å²) in [5.41, 5.74) is 0.806. The lowest BCUT2D eigenvalue weighted by atomic mass is 10.1. The predicted molar refractivity (Wildman–Crippen MR) is 79.4 cm³/mol. The van der Waals surface area contributed by atoms with Crippen LogP contribution in [-0.4, -0.2) is 13.9 Å². The highest BCUT2D eigenvalue weighted by Gasteiger charge is 2.21. The molecule has 0 spiro atoms. The number of halogens is 2.